The molecule has 1 heterocycles. The molecule has 15 heavy (non-hydrogen) atoms. The lowest BCUT2D eigenvalue weighted by Gasteiger charge is -2.02. The average Bonchev–Trinajstić information content (AvgIpc) is 2.45. The Morgan fingerprint density at radius 3 is 2.60 bits per heavy atom. The van der Waals surface area contributed by atoms with Gasteiger partial charge >= 0.3 is 10.3 Å². The largest absolute Gasteiger partial charge is 0.442 e. The quantitative estimate of drug-likeness (QED) is 0.594. The Balaban J connectivity index is 2.92. The molecule has 0 fully saturated rings. The molecule has 0 aromatic carbocycles. The third-order valence-electron chi connectivity index (χ3n) is 1.84. The molecule has 0 saturated heterocycles. The van der Waals surface area contributed by atoms with Gasteiger partial charge < -0.3 is 0 Å². The van der Waals surface area contributed by atoms with Gasteiger partial charge in [0.05, 0.1) is 7.05 Å². The summed E-state index contributed by atoms with van der Waals surface area (Å²) < 4.78 is 30.5. The first-order valence-electron chi connectivity index (χ1n) is 4.06. The van der Waals surface area contributed by atoms with Crippen LogP contribution in [0.3, 0.4) is 0 Å². The minimum absolute atomic E-state index is 0.271. The van der Waals surface area contributed by atoms with Gasteiger partial charge in [0.2, 0.25) is 0 Å². The molecule has 0 radical (unpaired) electrons. The van der Waals surface area contributed by atoms with Crippen LogP contribution in [-0.2, 0) is 21.5 Å². The van der Waals surface area contributed by atoms with Crippen LogP contribution in [0, 0.1) is 6.92 Å². The predicted molar refractivity (Wildman–Crippen MR) is 56.1 cm³/mol. The first-order valence-corrected chi connectivity index (χ1v) is 6.30. The smallest absolute Gasteiger partial charge is 0.236 e. The summed E-state index contributed by atoms with van der Waals surface area (Å²) >= 11 is 10.8. The summed E-state index contributed by atoms with van der Waals surface area (Å²) in [5.74, 6) is 0.524. The van der Waals surface area contributed by atoms with Crippen molar-refractivity contribution < 1.29 is 17.2 Å². The van der Waals surface area contributed by atoms with E-state index in [1.54, 1.807) is 24.7 Å². The van der Waals surface area contributed by atoms with Crippen LogP contribution < -0.4 is 4.57 Å². The molecule has 0 N–H and O–H groups in total. The summed E-state index contributed by atoms with van der Waals surface area (Å²) in [5.41, 5.74) is 0. The number of hydrogen-bond donors (Lipinski definition) is 0. The first-order chi connectivity index (χ1) is 6.84. The van der Waals surface area contributed by atoms with E-state index in [-0.39, 0.29) is 6.61 Å². The Morgan fingerprint density at radius 1 is 1.60 bits per heavy atom. The number of hydrogen-bond acceptors (Lipinski definition) is 3. The third kappa shape index (κ3) is 3.07. The van der Waals surface area contributed by atoms with E-state index in [2.05, 4.69) is 4.18 Å². The highest BCUT2D eigenvalue weighted by Gasteiger charge is 2.25. The lowest BCUT2D eigenvalue weighted by Crippen LogP contribution is -2.31. The monoisotopic (exact) mass is 273 g/mol. The molecule has 1 rings (SSSR count). The lowest BCUT2D eigenvalue weighted by atomic mass is 10.7. The molecule has 0 amide bonds. The van der Waals surface area contributed by atoms with Crippen LogP contribution in [0.5, 0.6) is 0 Å². The van der Waals surface area contributed by atoms with Gasteiger partial charge in [0, 0.05) is 6.92 Å². The Morgan fingerprint density at radius 2 is 2.20 bits per heavy atom. The number of aromatic nitrogens is 2. The van der Waals surface area contributed by atoms with E-state index in [0.717, 1.165) is 3.97 Å². The minimum Gasteiger partial charge on any atom is -0.236 e. The van der Waals surface area contributed by atoms with Crippen LogP contribution in [-0.4, -0.2) is 23.8 Å². The molecule has 0 saturated carbocycles. The molecule has 0 unspecified atom stereocenters. The molecule has 0 aliphatic carbocycles. The van der Waals surface area contributed by atoms with Crippen LogP contribution in [0.2, 0.25) is 0 Å². The van der Waals surface area contributed by atoms with E-state index in [4.69, 9.17) is 23.2 Å². The van der Waals surface area contributed by atoms with E-state index in [0.29, 0.717) is 5.82 Å². The molecule has 0 spiro atoms. The van der Waals surface area contributed by atoms with Crippen LogP contribution in [0.25, 0.3) is 0 Å². The highest BCUT2D eigenvalue weighted by Crippen LogP contribution is 2.07. The molecule has 0 aliphatic rings. The fourth-order valence-electron chi connectivity index (χ4n) is 0.962. The molecule has 1 aromatic heterocycles. The summed E-state index contributed by atoms with van der Waals surface area (Å²) in [6, 6.07) is 0. The summed E-state index contributed by atoms with van der Waals surface area (Å²) in [5, 5.41) is 0. The molecule has 0 aliphatic heterocycles. The summed E-state index contributed by atoms with van der Waals surface area (Å²) in [7, 11) is -2.11. The molecule has 0 atom stereocenters. The van der Waals surface area contributed by atoms with Gasteiger partial charge in [-0.1, -0.05) is 3.97 Å². The summed E-state index contributed by atoms with van der Waals surface area (Å²) in [6.45, 7) is 1.38. The molecule has 0 bridgehead atoms. The van der Waals surface area contributed by atoms with Gasteiger partial charge in [-0.3, -0.25) is 0 Å². The van der Waals surface area contributed by atoms with Crippen molar-refractivity contribution in [3.05, 3.63) is 18.2 Å². The van der Waals surface area contributed by atoms with Crippen LogP contribution in [0.15, 0.2) is 12.4 Å². The number of aryl methyl sites for hydroxylation is 1. The van der Waals surface area contributed by atoms with Crippen molar-refractivity contribution >= 4 is 33.5 Å². The van der Waals surface area contributed by atoms with Gasteiger partial charge in [-0.15, -0.1) is 23.2 Å². The topological polar surface area (TPSA) is 52.2 Å². The number of nitrogens with zero attached hydrogens (tertiary/aromatic N) is 2. The Labute approximate surface area is 98.4 Å². The standard InChI is InChI=1S/C7H11Cl2N2O3S/c1-6-10(2)3-4-11(6)15(12,13)14-5-7(8)9/h3-4,7H,5H2,1-2H3/q+1. The van der Waals surface area contributed by atoms with Gasteiger partial charge in [0.25, 0.3) is 5.82 Å². The van der Waals surface area contributed by atoms with Crippen molar-refractivity contribution in [1.82, 2.24) is 3.97 Å². The van der Waals surface area contributed by atoms with Gasteiger partial charge in [-0.2, -0.15) is 8.42 Å². The van der Waals surface area contributed by atoms with Crippen molar-refractivity contribution in [1.29, 1.82) is 0 Å². The van der Waals surface area contributed by atoms with Gasteiger partial charge in [0.15, 0.2) is 0 Å². The van der Waals surface area contributed by atoms with Crippen molar-refractivity contribution in [2.24, 2.45) is 7.05 Å². The molecular weight excluding hydrogens is 263 g/mol. The van der Waals surface area contributed by atoms with Crippen molar-refractivity contribution in [2.75, 3.05) is 6.61 Å². The van der Waals surface area contributed by atoms with E-state index >= 15 is 0 Å². The fourth-order valence-corrected chi connectivity index (χ4v) is 2.32. The Bertz CT molecular complexity index is 441. The highest BCUT2D eigenvalue weighted by atomic mass is 35.5. The Hall–Kier alpha value is -0.300. The van der Waals surface area contributed by atoms with Crippen LogP contribution >= 0.6 is 23.2 Å². The first kappa shape index (κ1) is 12.8. The predicted octanol–water partition coefficient (Wildman–Crippen LogP) is 0.534. The van der Waals surface area contributed by atoms with Gasteiger partial charge in [-0.25, -0.2) is 8.75 Å². The maximum Gasteiger partial charge on any atom is 0.442 e. The van der Waals surface area contributed by atoms with Crippen molar-refractivity contribution in [3.8, 4) is 0 Å². The number of halogens is 2. The van der Waals surface area contributed by atoms with E-state index < -0.39 is 15.1 Å². The zero-order valence-corrected chi connectivity index (χ0v) is 10.6. The lowest BCUT2D eigenvalue weighted by molar-refractivity contribution is -0.676. The van der Waals surface area contributed by atoms with Crippen LogP contribution in [0.4, 0.5) is 0 Å². The SMILES string of the molecule is Cc1n(S(=O)(=O)OCC(Cl)Cl)cc[n+]1C. The Kier molecular flexibility index (Phi) is 3.99. The zero-order valence-electron chi connectivity index (χ0n) is 8.22. The second kappa shape index (κ2) is 4.69. The second-order valence-corrected chi connectivity index (χ2v) is 5.65. The molecule has 1 aromatic rings. The van der Waals surface area contributed by atoms with Gasteiger partial charge in [0.1, 0.15) is 23.8 Å². The fraction of sp³-hybridized carbons (Fsp3) is 0.571. The van der Waals surface area contributed by atoms with Crippen molar-refractivity contribution in [3.63, 3.8) is 0 Å². The van der Waals surface area contributed by atoms with Crippen LogP contribution in [0.1, 0.15) is 5.82 Å². The molecule has 8 heteroatoms. The van der Waals surface area contributed by atoms with E-state index in [1.165, 1.54) is 6.20 Å². The molecule has 86 valence electrons. The maximum atomic E-state index is 11.6. The van der Waals surface area contributed by atoms with E-state index in [9.17, 15) is 8.42 Å². The normalized spacial score (nSPS) is 12.3. The third-order valence-corrected chi connectivity index (χ3v) is 3.39. The summed E-state index contributed by atoms with van der Waals surface area (Å²) in [6.07, 6.45) is 3.00. The zero-order chi connectivity index (χ0) is 11.6. The molecule has 5 nitrogen and oxygen atoms in total. The number of rotatable bonds is 4. The number of imidazole rings is 1. The van der Waals surface area contributed by atoms with Gasteiger partial charge in [-0.05, 0) is 0 Å². The maximum absolute atomic E-state index is 11.6. The minimum atomic E-state index is -3.84. The number of alkyl halides is 2. The summed E-state index contributed by atoms with van der Waals surface area (Å²) in [4.78, 5) is -0.871. The second-order valence-electron chi connectivity index (χ2n) is 2.89. The average molecular weight is 274 g/mol. The van der Waals surface area contributed by atoms with E-state index in [1.807, 2.05) is 0 Å². The molecular formula is C7H11Cl2N2O3S+. The highest BCUT2D eigenvalue weighted by molar-refractivity contribution is 7.85. The van der Waals surface area contributed by atoms with Crippen molar-refractivity contribution in [2.45, 2.75) is 11.8 Å².